The number of nitrogens with zero attached hydrogens (tertiary/aromatic N) is 1. The van der Waals surface area contributed by atoms with Gasteiger partial charge in [0.15, 0.2) is 0 Å². The zero-order chi connectivity index (χ0) is 17.5. The molecule has 1 aromatic rings. The van der Waals surface area contributed by atoms with Crippen molar-refractivity contribution in [2.24, 2.45) is 0 Å². The highest BCUT2D eigenvalue weighted by molar-refractivity contribution is 8.04. The summed E-state index contributed by atoms with van der Waals surface area (Å²) >= 11 is 1.27. The molecule has 0 aromatic heterocycles. The van der Waals surface area contributed by atoms with E-state index in [9.17, 15) is 14.4 Å². The number of benzene rings is 1. The molecule has 2 rings (SSSR count). The SMILES string of the molecule is CCOC(=O)/C=C1/SCC(=O)N1CCOC(=O)c1cccc(C)c1. The lowest BCUT2D eigenvalue weighted by atomic mass is 10.1. The fourth-order valence-electron chi connectivity index (χ4n) is 2.14. The molecule has 1 fully saturated rings. The van der Waals surface area contributed by atoms with Crippen LogP contribution in [0.4, 0.5) is 0 Å². The summed E-state index contributed by atoms with van der Waals surface area (Å²) in [7, 11) is 0. The summed E-state index contributed by atoms with van der Waals surface area (Å²) in [4.78, 5) is 36.8. The van der Waals surface area contributed by atoms with Crippen molar-refractivity contribution in [2.75, 3.05) is 25.5 Å². The average molecular weight is 349 g/mol. The van der Waals surface area contributed by atoms with E-state index in [1.54, 1.807) is 25.1 Å². The lowest BCUT2D eigenvalue weighted by molar-refractivity contribution is -0.137. The zero-order valence-corrected chi connectivity index (χ0v) is 14.4. The van der Waals surface area contributed by atoms with Crippen molar-refractivity contribution in [2.45, 2.75) is 13.8 Å². The van der Waals surface area contributed by atoms with Crippen LogP contribution < -0.4 is 0 Å². The van der Waals surface area contributed by atoms with Gasteiger partial charge in [-0.05, 0) is 26.0 Å². The number of esters is 2. The van der Waals surface area contributed by atoms with Gasteiger partial charge in [-0.15, -0.1) is 0 Å². The largest absolute Gasteiger partial charge is 0.463 e. The Labute approximate surface area is 144 Å². The Morgan fingerprint density at radius 3 is 2.83 bits per heavy atom. The highest BCUT2D eigenvalue weighted by atomic mass is 32.2. The van der Waals surface area contributed by atoms with Crippen LogP contribution in [0.2, 0.25) is 0 Å². The van der Waals surface area contributed by atoms with Crippen molar-refractivity contribution in [1.82, 2.24) is 4.90 Å². The lowest BCUT2D eigenvalue weighted by Crippen LogP contribution is -2.29. The van der Waals surface area contributed by atoms with E-state index in [1.165, 1.54) is 22.7 Å². The maximum Gasteiger partial charge on any atom is 0.338 e. The van der Waals surface area contributed by atoms with Crippen LogP contribution in [0.15, 0.2) is 35.4 Å². The van der Waals surface area contributed by atoms with Gasteiger partial charge in [-0.1, -0.05) is 29.5 Å². The van der Waals surface area contributed by atoms with Gasteiger partial charge < -0.3 is 14.4 Å². The van der Waals surface area contributed by atoms with E-state index in [2.05, 4.69) is 0 Å². The Hall–Kier alpha value is -2.28. The third-order valence-electron chi connectivity index (χ3n) is 3.24. The molecule has 6 nitrogen and oxygen atoms in total. The molecule has 128 valence electrons. The van der Waals surface area contributed by atoms with E-state index < -0.39 is 11.9 Å². The molecule has 24 heavy (non-hydrogen) atoms. The van der Waals surface area contributed by atoms with Crippen LogP contribution in [0.5, 0.6) is 0 Å². The number of thioether (sulfide) groups is 1. The molecule has 0 radical (unpaired) electrons. The van der Waals surface area contributed by atoms with Gasteiger partial charge in [0.25, 0.3) is 0 Å². The standard InChI is InChI=1S/C17H19NO5S/c1-3-22-16(20)10-15-18(14(19)11-24-15)7-8-23-17(21)13-6-4-5-12(2)9-13/h4-6,9-10H,3,7-8,11H2,1-2H3/b15-10+. The number of amides is 1. The lowest BCUT2D eigenvalue weighted by Gasteiger charge is -2.16. The van der Waals surface area contributed by atoms with Crippen LogP contribution >= 0.6 is 11.8 Å². The molecule has 1 saturated heterocycles. The minimum atomic E-state index is -0.489. The second kappa shape index (κ2) is 8.54. The van der Waals surface area contributed by atoms with Gasteiger partial charge in [-0.2, -0.15) is 0 Å². The summed E-state index contributed by atoms with van der Waals surface area (Å²) in [6.45, 7) is 4.14. The van der Waals surface area contributed by atoms with E-state index in [0.717, 1.165) is 5.56 Å². The summed E-state index contributed by atoms with van der Waals surface area (Å²) in [6.07, 6.45) is 1.29. The minimum absolute atomic E-state index is 0.0548. The van der Waals surface area contributed by atoms with Crippen molar-refractivity contribution in [3.05, 3.63) is 46.5 Å². The summed E-state index contributed by atoms with van der Waals surface area (Å²) in [6, 6.07) is 7.10. The second-order valence-corrected chi connectivity index (χ2v) is 6.07. The highest BCUT2D eigenvalue weighted by Gasteiger charge is 2.27. The maximum absolute atomic E-state index is 12.0. The zero-order valence-electron chi connectivity index (χ0n) is 13.6. The summed E-state index contributed by atoms with van der Waals surface area (Å²) in [5.74, 6) is -0.788. The van der Waals surface area contributed by atoms with E-state index in [0.29, 0.717) is 10.6 Å². The summed E-state index contributed by atoms with van der Waals surface area (Å²) in [5, 5.41) is 0.519. The van der Waals surface area contributed by atoms with E-state index in [1.807, 2.05) is 13.0 Å². The molecular weight excluding hydrogens is 330 g/mol. The predicted octanol–water partition coefficient (Wildman–Crippen LogP) is 2.13. The van der Waals surface area contributed by atoms with Gasteiger partial charge in [-0.3, -0.25) is 4.79 Å². The molecule has 0 spiro atoms. The quantitative estimate of drug-likeness (QED) is 0.579. The fourth-order valence-corrected chi connectivity index (χ4v) is 3.09. The molecule has 0 atom stereocenters. The Kier molecular flexibility index (Phi) is 6.43. The van der Waals surface area contributed by atoms with Crippen molar-refractivity contribution >= 4 is 29.6 Å². The fraction of sp³-hybridized carbons (Fsp3) is 0.353. The molecule has 7 heteroatoms. The summed E-state index contributed by atoms with van der Waals surface area (Å²) in [5.41, 5.74) is 1.44. The van der Waals surface area contributed by atoms with Crippen LogP contribution in [0.3, 0.4) is 0 Å². The van der Waals surface area contributed by atoms with Crippen LogP contribution in [-0.2, 0) is 19.1 Å². The van der Waals surface area contributed by atoms with Crippen LogP contribution in [0, 0.1) is 6.92 Å². The number of carbonyl (C=O) groups excluding carboxylic acids is 3. The Bertz CT molecular complexity index is 671. The van der Waals surface area contributed by atoms with Gasteiger partial charge in [0.2, 0.25) is 5.91 Å². The van der Waals surface area contributed by atoms with Crippen molar-refractivity contribution < 1.29 is 23.9 Å². The summed E-state index contributed by atoms with van der Waals surface area (Å²) < 4.78 is 10.1. The number of hydrogen-bond acceptors (Lipinski definition) is 6. The first-order chi connectivity index (χ1) is 11.5. The Balaban J connectivity index is 1.91. The van der Waals surface area contributed by atoms with Crippen molar-refractivity contribution in [1.29, 1.82) is 0 Å². The Morgan fingerprint density at radius 1 is 1.33 bits per heavy atom. The molecule has 1 heterocycles. The molecule has 0 unspecified atom stereocenters. The normalized spacial score (nSPS) is 15.7. The van der Waals surface area contributed by atoms with E-state index in [-0.39, 0.29) is 31.4 Å². The first kappa shape index (κ1) is 18.1. The molecule has 0 N–H and O–H groups in total. The average Bonchev–Trinajstić information content (AvgIpc) is 2.88. The number of ether oxygens (including phenoxy) is 2. The van der Waals surface area contributed by atoms with Gasteiger partial charge in [-0.25, -0.2) is 9.59 Å². The van der Waals surface area contributed by atoms with Crippen LogP contribution in [0.1, 0.15) is 22.8 Å². The molecular formula is C17H19NO5S. The first-order valence-electron chi connectivity index (χ1n) is 7.56. The van der Waals surface area contributed by atoms with Crippen molar-refractivity contribution in [3.63, 3.8) is 0 Å². The first-order valence-corrected chi connectivity index (χ1v) is 8.55. The number of hydrogen-bond donors (Lipinski definition) is 0. The van der Waals surface area contributed by atoms with Crippen molar-refractivity contribution in [3.8, 4) is 0 Å². The topological polar surface area (TPSA) is 72.9 Å². The molecule has 1 aromatic carbocycles. The number of carbonyl (C=O) groups is 3. The molecule has 0 bridgehead atoms. The monoisotopic (exact) mass is 349 g/mol. The van der Waals surface area contributed by atoms with E-state index >= 15 is 0 Å². The highest BCUT2D eigenvalue weighted by Crippen LogP contribution is 2.28. The molecule has 1 amide bonds. The van der Waals surface area contributed by atoms with Gasteiger partial charge in [0.05, 0.1) is 35.6 Å². The predicted molar refractivity (Wildman–Crippen MR) is 90.3 cm³/mol. The molecule has 0 saturated carbocycles. The minimum Gasteiger partial charge on any atom is -0.463 e. The third-order valence-corrected chi connectivity index (χ3v) is 4.27. The third kappa shape index (κ3) is 4.86. The van der Waals surface area contributed by atoms with Gasteiger partial charge >= 0.3 is 11.9 Å². The number of rotatable bonds is 6. The van der Waals surface area contributed by atoms with Crippen LogP contribution in [0.25, 0.3) is 0 Å². The second-order valence-electron chi connectivity index (χ2n) is 5.07. The van der Waals surface area contributed by atoms with E-state index in [4.69, 9.17) is 9.47 Å². The molecule has 1 aliphatic heterocycles. The van der Waals surface area contributed by atoms with Crippen LogP contribution in [-0.4, -0.2) is 48.3 Å². The van der Waals surface area contributed by atoms with Gasteiger partial charge in [0.1, 0.15) is 6.61 Å². The maximum atomic E-state index is 12.0. The molecule has 1 aliphatic rings. The Morgan fingerprint density at radius 2 is 2.12 bits per heavy atom. The van der Waals surface area contributed by atoms with Gasteiger partial charge in [0, 0.05) is 0 Å². The molecule has 0 aliphatic carbocycles. The number of aryl methyl sites for hydroxylation is 1. The smallest absolute Gasteiger partial charge is 0.338 e.